The first-order valence-corrected chi connectivity index (χ1v) is 11.5. The van der Waals surface area contributed by atoms with Gasteiger partial charge in [0, 0.05) is 41.7 Å². The molecule has 0 bridgehead atoms. The second kappa shape index (κ2) is 10.8. The SMILES string of the molecule is CC(=O)N[C@@H]1CCCC(COCNc2cc3c(NC(C)C)nc(C(C)C)cc3cn2)C1. The van der Waals surface area contributed by atoms with Crippen LogP contribution in [0.3, 0.4) is 0 Å². The quantitative estimate of drug-likeness (QED) is 0.399. The van der Waals surface area contributed by atoms with Crippen LogP contribution >= 0.6 is 0 Å². The fraction of sp³-hybridized carbons (Fsp3) is 0.625. The largest absolute Gasteiger partial charge is 0.367 e. The number of nitrogens with one attached hydrogen (secondary N) is 3. The van der Waals surface area contributed by atoms with Crippen molar-refractivity contribution in [1.82, 2.24) is 15.3 Å². The number of rotatable bonds is 9. The van der Waals surface area contributed by atoms with E-state index in [1.165, 1.54) is 0 Å². The molecule has 0 aromatic carbocycles. The number of hydrogen-bond donors (Lipinski definition) is 3. The number of anilines is 2. The van der Waals surface area contributed by atoms with Crippen LogP contribution in [0.15, 0.2) is 18.3 Å². The molecular formula is C24H37N5O2. The van der Waals surface area contributed by atoms with Crippen molar-refractivity contribution in [2.75, 3.05) is 24.0 Å². The van der Waals surface area contributed by atoms with Crippen LogP contribution in [-0.4, -0.2) is 41.3 Å². The lowest BCUT2D eigenvalue weighted by atomic mass is 9.86. The Bertz CT molecular complexity index is 884. The van der Waals surface area contributed by atoms with E-state index in [2.05, 4.69) is 54.7 Å². The molecule has 2 atom stereocenters. The van der Waals surface area contributed by atoms with Gasteiger partial charge in [0.05, 0.1) is 6.61 Å². The normalized spacial score (nSPS) is 19.1. The molecule has 2 aromatic rings. The summed E-state index contributed by atoms with van der Waals surface area (Å²) in [5, 5.41) is 11.9. The minimum absolute atomic E-state index is 0.0527. The lowest BCUT2D eigenvalue weighted by molar-refractivity contribution is -0.120. The fourth-order valence-corrected chi connectivity index (χ4v) is 4.15. The van der Waals surface area contributed by atoms with E-state index < -0.39 is 0 Å². The van der Waals surface area contributed by atoms with Gasteiger partial charge in [0.2, 0.25) is 5.91 Å². The van der Waals surface area contributed by atoms with Crippen LogP contribution in [0.4, 0.5) is 11.6 Å². The van der Waals surface area contributed by atoms with Gasteiger partial charge in [0.25, 0.3) is 0 Å². The summed E-state index contributed by atoms with van der Waals surface area (Å²) in [6.07, 6.45) is 6.24. The molecule has 0 radical (unpaired) electrons. The molecule has 3 N–H and O–H groups in total. The van der Waals surface area contributed by atoms with Crippen molar-refractivity contribution in [2.45, 2.75) is 78.3 Å². The third-order valence-corrected chi connectivity index (χ3v) is 5.65. The molecule has 1 saturated carbocycles. The number of amides is 1. The predicted molar refractivity (Wildman–Crippen MR) is 126 cm³/mol. The molecule has 3 rings (SSSR count). The maximum atomic E-state index is 11.3. The Kier molecular flexibility index (Phi) is 8.07. The number of ether oxygens (including phenoxy) is 1. The summed E-state index contributed by atoms with van der Waals surface area (Å²) >= 11 is 0. The minimum Gasteiger partial charge on any atom is -0.367 e. The van der Waals surface area contributed by atoms with E-state index in [0.717, 1.165) is 53.8 Å². The van der Waals surface area contributed by atoms with E-state index in [9.17, 15) is 4.79 Å². The molecule has 0 aliphatic heterocycles. The number of nitrogens with zero attached hydrogens (tertiary/aromatic N) is 2. The molecule has 31 heavy (non-hydrogen) atoms. The summed E-state index contributed by atoms with van der Waals surface area (Å²) in [6, 6.07) is 4.73. The second-order valence-electron chi connectivity index (χ2n) is 9.26. The van der Waals surface area contributed by atoms with Crippen molar-refractivity contribution in [2.24, 2.45) is 5.92 Å². The van der Waals surface area contributed by atoms with Gasteiger partial charge in [-0.05, 0) is 57.1 Å². The molecular weight excluding hydrogens is 390 g/mol. The number of aromatic nitrogens is 2. The summed E-state index contributed by atoms with van der Waals surface area (Å²) in [5.74, 6) is 2.56. The van der Waals surface area contributed by atoms with Crippen molar-refractivity contribution >= 4 is 28.3 Å². The smallest absolute Gasteiger partial charge is 0.217 e. The van der Waals surface area contributed by atoms with Crippen LogP contribution in [0.2, 0.25) is 0 Å². The van der Waals surface area contributed by atoms with Crippen molar-refractivity contribution < 1.29 is 9.53 Å². The van der Waals surface area contributed by atoms with Gasteiger partial charge in [-0.2, -0.15) is 0 Å². The van der Waals surface area contributed by atoms with E-state index in [4.69, 9.17) is 9.72 Å². The minimum atomic E-state index is 0.0527. The number of pyridine rings is 2. The molecule has 2 aromatic heterocycles. The summed E-state index contributed by atoms with van der Waals surface area (Å²) < 4.78 is 5.89. The van der Waals surface area contributed by atoms with E-state index in [-0.39, 0.29) is 11.9 Å². The third-order valence-electron chi connectivity index (χ3n) is 5.65. The molecule has 0 spiro atoms. The summed E-state index contributed by atoms with van der Waals surface area (Å²) in [4.78, 5) is 20.7. The van der Waals surface area contributed by atoms with Crippen LogP contribution in [0.1, 0.15) is 71.9 Å². The van der Waals surface area contributed by atoms with E-state index in [1.54, 1.807) is 6.92 Å². The Morgan fingerprint density at radius 3 is 2.74 bits per heavy atom. The molecule has 1 fully saturated rings. The van der Waals surface area contributed by atoms with Gasteiger partial charge in [-0.25, -0.2) is 9.97 Å². The Labute approximate surface area is 185 Å². The highest BCUT2D eigenvalue weighted by molar-refractivity contribution is 5.93. The van der Waals surface area contributed by atoms with Crippen molar-refractivity contribution in [3.63, 3.8) is 0 Å². The summed E-state index contributed by atoms with van der Waals surface area (Å²) in [5.41, 5.74) is 1.06. The zero-order valence-electron chi connectivity index (χ0n) is 19.5. The molecule has 1 aliphatic carbocycles. The predicted octanol–water partition coefficient (Wildman–Crippen LogP) is 4.65. The van der Waals surface area contributed by atoms with E-state index in [0.29, 0.717) is 31.2 Å². The van der Waals surface area contributed by atoms with E-state index >= 15 is 0 Å². The van der Waals surface area contributed by atoms with Gasteiger partial charge in [-0.15, -0.1) is 0 Å². The van der Waals surface area contributed by atoms with Crippen LogP contribution in [0.25, 0.3) is 10.8 Å². The molecule has 170 valence electrons. The zero-order valence-corrected chi connectivity index (χ0v) is 19.5. The first kappa shape index (κ1) is 23.3. The second-order valence-corrected chi connectivity index (χ2v) is 9.26. The van der Waals surface area contributed by atoms with Gasteiger partial charge >= 0.3 is 0 Å². The highest BCUT2D eigenvalue weighted by Crippen LogP contribution is 2.28. The molecule has 7 heteroatoms. The number of fused-ring (bicyclic) bond motifs is 1. The van der Waals surface area contributed by atoms with Crippen LogP contribution in [0.5, 0.6) is 0 Å². The zero-order chi connectivity index (χ0) is 22.4. The highest BCUT2D eigenvalue weighted by atomic mass is 16.5. The maximum Gasteiger partial charge on any atom is 0.217 e. The standard InChI is InChI=1S/C24H37N5O2/c1-15(2)22-10-19-12-25-23(11-21(19)24(29-22)27-16(3)4)26-14-31-13-18-7-6-8-20(9-18)28-17(5)30/h10-12,15-16,18,20H,6-9,13-14H2,1-5H3,(H,25,26)(H,27,29)(H,28,30)/t18?,20-/m1/s1. The van der Waals surface area contributed by atoms with Crippen molar-refractivity contribution in [3.05, 3.63) is 24.0 Å². The van der Waals surface area contributed by atoms with Crippen molar-refractivity contribution in [1.29, 1.82) is 0 Å². The molecule has 0 saturated heterocycles. The van der Waals surface area contributed by atoms with Crippen LogP contribution in [0, 0.1) is 5.92 Å². The number of hydrogen-bond acceptors (Lipinski definition) is 6. The topological polar surface area (TPSA) is 88.2 Å². The van der Waals surface area contributed by atoms with Gasteiger partial charge in [0.1, 0.15) is 18.4 Å². The fourth-order valence-electron chi connectivity index (χ4n) is 4.15. The Balaban J connectivity index is 1.59. The molecule has 2 heterocycles. The molecule has 1 amide bonds. The molecule has 1 unspecified atom stereocenters. The van der Waals surface area contributed by atoms with Crippen LogP contribution < -0.4 is 16.0 Å². The van der Waals surface area contributed by atoms with Crippen LogP contribution in [-0.2, 0) is 9.53 Å². The monoisotopic (exact) mass is 427 g/mol. The number of carbonyl (C=O) groups excluding carboxylic acids is 1. The highest BCUT2D eigenvalue weighted by Gasteiger charge is 2.22. The number of carbonyl (C=O) groups is 1. The lowest BCUT2D eigenvalue weighted by Crippen LogP contribution is -2.38. The average Bonchev–Trinajstić information content (AvgIpc) is 2.70. The Morgan fingerprint density at radius 1 is 1.23 bits per heavy atom. The average molecular weight is 428 g/mol. The summed E-state index contributed by atoms with van der Waals surface area (Å²) in [6.45, 7) is 11.2. The first-order chi connectivity index (χ1) is 14.8. The van der Waals surface area contributed by atoms with Crippen molar-refractivity contribution in [3.8, 4) is 0 Å². The third kappa shape index (κ3) is 6.79. The summed E-state index contributed by atoms with van der Waals surface area (Å²) in [7, 11) is 0. The van der Waals surface area contributed by atoms with E-state index in [1.807, 2.05) is 12.3 Å². The molecule has 1 aliphatic rings. The van der Waals surface area contributed by atoms with Gasteiger partial charge in [0.15, 0.2) is 0 Å². The lowest BCUT2D eigenvalue weighted by Gasteiger charge is -2.29. The molecule has 7 nitrogen and oxygen atoms in total. The maximum absolute atomic E-state index is 11.3. The van der Waals surface area contributed by atoms with Gasteiger partial charge < -0.3 is 20.7 Å². The van der Waals surface area contributed by atoms with Gasteiger partial charge in [-0.1, -0.05) is 20.3 Å². The Hall–Kier alpha value is -2.41. The Morgan fingerprint density at radius 2 is 2.03 bits per heavy atom. The van der Waals surface area contributed by atoms with Gasteiger partial charge in [-0.3, -0.25) is 4.79 Å². The first-order valence-electron chi connectivity index (χ1n) is 11.5.